The highest BCUT2D eigenvalue weighted by Crippen LogP contribution is 1.93. The quantitative estimate of drug-likeness (QED) is 0.521. The van der Waals surface area contributed by atoms with Crippen molar-refractivity contribution >= 4 is 23.9 Å². The standard InChI is InChI=1S/2C5H8O2.C4H6O4/c2*1-3-4(2)5(6)7;5-3(6)1-2-4(7)8/h2*2-3H2,1H3,(H,6,7);1-2H2,(H,5,6)(H,7,8). The zero-order valence-corrected chi connectivity index (χ0v) is 12.7. The van der Waals surface area contributed by atoms with E-state index < -0.39 is 23.9 Å². The molecule has 0 rings (SSSR count). The van der Waals surface area contributed by atoms with Crippen LogP contribution >= 0.6 is 0 Å². The number of hydrogen-bond donors (Lipinski definition) is 4. The van der Waals surface area contributed by atoms with E-state index in [0.717, 1.165) is 0 Å². The molecule has 0 saturated carbocycles. The van der Waals surface area contributed by atoms with E-state index in [2.05, 4.69) is 13.2 Å². The number of rotatable bonds is 7. The van der Waals surface area contributed by atoms with E-state index in [9.17, 15) is 19.2 Å². The lowest BCUT2D eigenvalue weighted by molar-refractivity contribution is -0.143. The second kappa shape index (κ2) is 14.8. The Bertz CT molecular complexity index is 383. The van der Waals surface area contributed by atoms with Crippen molar-refractivity contribution in [3.8, 4) is 0 Å². The molecule has 0 fully saturated rings. The monoisotopic (exact) mass is 318 g/mol. The molecule has 4 N–H and O–H groups in total. The van der Waals surface area contributed by atoms with Crippen LogP contribution in [0.2, 0.25) is 0 Å². The normalized spacial score (nSPS) is 8.27. The first-order valence-electron chi connectivity index (χ1n) is 6.25. The molecule has 0 atom stereocenters. The zero-order valence-electron chi connectivity index (χ0n) is 12.7. The fourth-order valence-electron chi connectivity index (χ4n) is 0.516. The average molecular weight is 318 g/mol. The van der Waals surface area contributed by atoms with Gasteiger partial charge in [0, 0.05) is 11.1 Å². The molecule has 0 aromatic heterocycles. The van der Waals surface area contributed by atoms with E-state index in [0.29, 0.717) is 12.8 Å². The molecule has 0 aliphatic carbocycles. The van der Waals surface area contributed by atoms with Crippen LogP contribution in [0.15, 0.2) is 24.3 Å². The van der Waals surface area contributed by atoms with Gasteiger partial charge in [-0.3, -0.25) is 9.59 Å². The summed E-state index contributed by atoms with van der Waals surface area (Å²) in [5.41, 5.74) is 0.528. The Labute approximate surface area is 128 Å². The molecule has 0 unspecified atom stereocenters. The lowest BCUT2D eigenvalue weighted by atomic mass is 10.2. The van der Waals surface area contributed by atoms with Gasteiger partial charge in [-0.25, -0.2) is 9.59 Å². The maximum atomic E-state index is 9.83. The van der Waals surface area contributed by atoms with Crippen LogP contribution in [0.3, 0.4) is 0 Å². The van der Waals surface area contributed by atoms with Crippen molar-refractivity contribution in [2.24, 2.45) is 0 Å². The van der Waals surface area contributed by atoms with Gasteiger partial charge in [0.2, 0.25) is 0 Å². The van der Waals surface area contributed by atoms with Crippen LogP contribution in [0.5, 0.6) is 0 Å². The van der Waals surface area contributed by atoms with Gasteiger partial charge in [-0.2, -0.15) is 0 Å². The molecular formula is C14H22O8. The molecule has 22 heavy (non-hydrogen) atoms. The molecule has 0 radical (unpaired) electrons. The molecular weight excluding hydrogens is 296 g/mol. The average Bonchev–Trinajstić information content (AvgIpc) is 2.44. The Hall–Kier alpha value is -2.64. The molecule has 0 spiro atoms. The predicted octanol–water partition coefficient (Wildman–Crippen LogP) is 2.01. The Morgan fingerprint density at radius 1 is 0.682 bits per heavy atom. The van der Waals surface area contributed by atoms with Gasteiger partial charge in [0.05, 0.1) is 12.8 Å². The van der Waals surface area contributed by atoms with Crippen molar-refractivity contribution in [2.75, 3.05) is 0 Å². The van der Waals surface area contributed by atoms with Gasteiger partial charge >= 0.3 is 23.9 Å². The molecule has 0 saturated heterocycles. The van der Waals surface area contributed by atoms with Crippen molar-refractivity contribution in [3.05, 3.63) is 24.3 Å². The third kappa shape index (κ3) is 22.5. The van der Waals surface area contributed by atoms with Crippen LogP contribution < -0.4 is 0 Å². The van der Waals surface area contributed by atoms with E-state index in [4.69, 9.17) is 20.4 Å². The summed E-state index contributed by atoms with van der Waals surface area (Å²) in [7, 11) is 0. The second-order valence-electron chi connectivity index (χ2n) is 3.81. The Balaban J connectivity index is -0.000000247. The Morgan fingerprint density at radius 2 is 0.909 bits per heavy atom. The van der Waals surface area contributed by atoms with Gasteiger partial charge in [0.15, 0.2) is 0 Å². The van der Waals surface area contributed by atoms with Gasteiger partial charge in [0.1, 0.15) is 0 Å². The van der Waals surface area contributed by atoms with Crippen molar-refractivity contribution in [1.29, 1.82) is 0 Å². The van der Waals surface area contributed by atoms with Crippen LogP contribution in [0.25, 0.3) is 0 Å². The maximum absolute atomic E-state index is 9.83. The lowest BCUT2D eigenvalue weighted by Crippen LogP contribution is -2.00. The summed E-state index contributed by atoms with van der Waals surface area (Å²) in [5, 5.41) is 32.0. The highest BCUT2D eigenvalue weighted by Gasteiger charge is 2.00. The topological polar surface area (TPSA) is 149 Å². The molecule has 0 aliphatic rings. The zero-order chi connectivity index (χ0) is 18.3. The summed E-state index contributed by atoms with van der Waals surface area (Å²) in [5.74, 6) is -3.95. The minimum Gasteiger partial charge on any atom is -0.481 e. The van der Waals surface area contributed by atoms with Crippen LogP contribution in [-0.2, 0) is 19.2 Å². The van der Waals surface area contributed by atoms with Gasteiger partial charge in [-0.1, -0.05) is 27.0 Å². The van der Waals surface area contributed by atoms with E-state index in [1.165, 1.54) is 0 Å². The van der Waals surface area contributed by atoms with E-state index in [-0.39, 0.29) is 24.0 Å². The lowest BCUT2D eigenvalue weighted by Gasteiger charge is -1.87. The third-order valence-corrected chi connectivity index (χ3v) is 2.01. The summed E-state index contributed by atoms with van der Waals surface area (Å²) >= 11 is 0. The fourth-order valence-corrected chi connectivity index (χ4v) is 0.516. The first-order valence-corrected chi connectivity index (χ1v) is 6.25. The minimum atomic E-state index is -1.08. The molecule has 8 nitrogen and oxygen atoms in total. The predicted molar refractivity (Wildman–Crippen MR) is 78.6 cm³/mol. The van der Waals surface area contributed by atoms with E-state index in [1.807, 2.05) is 0 Å². The second-order valence-corrected chi connectivity index (χ2v) is 3.81. The highest BCUT2D eigenvalue weighted by atomic mass is 16.4. The summed E-state index contributed by atoms with van der Waals surface area (Å²) in [6.45, 7) is 10.1. The van der Waals surface area contributed by atoms with Crippen molar-refractivity contribution in [2.45, 2.75) is 39.5 Å². The number of carboxylic acid groups (broad SMARTS) is 4. The third-order valence-electron chi connectivity index (χ3n) is 2.01. The van der Waals surface area contributed by atoms with E-state index >= 15 is 0 Å². The number of carbonyl (C=O) groups is 4. The van der Waals surface area contributed by atoms with Crippen LogP contribution in [-0.4, -0.2) is 44.3 Å². The molecule has 0 bridgehead atoms. The minimum absolute atomic E-state index is 0.264. The Kier molecular flexibility index (Phi) is 16.4. The highest BCUT2D eigenvalue weighted by molar-refractivity contribution is 5.85. The van der Waals surface area contributed by atoms with Crippen LogP contribution in [0, 0.1) is 0 Å². The van der Waals surface area contributed by atoms with Gasteiger partial charge < -0.3 is 20.4 Å². The number of hydrogen-bond acceptors (Lipinski definition) is 4. The molecule has 0 aromatic carbocycles. The summed E-state index contributed by atoms with van der Waals surface area (Å²) in [6, 6.07) is 0. The smallest absolute Gasteiger partial charge is 0.330 e. The first kappa shape index (κ1) is 24.4. The summed E-state index contributed by atoms with van der Waals surface area (Å²) < 4.78 is 0. The van der Waals surface area contributed by atoms with Gasteiger partial charge in [-0.05, 0) is 12.8 Å². The molecule has 0 heterocycles. The first-order chi connectivity index (χ1) is 9.99. The largest absolute Gasteiger partial charge is 0.481 e. The molecule has 0 aliphatic heterocycles. The van der Waals surface area contributed by atoms with Crippen molar-refractivity contribution in [1.82, 2.24) is 0 Å². The summed E-state index contributed by atoms with van der Waals surface area (Å²) in [6.07, 6.45) is 0.454. The van der Waals surface area contributed by atoms with Gasteiger partial charge in [-0.15, -0.1) is 0 Å². The van der Waals surface area contributed by atoms with E-state index in [1.54, 1.807) is 13.8 Å². The molecule has 0 aromatic rings. The molecule has 126 valence electrons. The summed E-state index contributed by atoms with van der Waals surface area (Å²) in [4.78, 5) is 38.9. The van der Waals surface area contributed by atoms with Crippen LogP contribution in [0.4, 0.5) is 0 Å². The van der Waals surface area contributed by atoms with Crippen LogP contribution in [0.1, 0.15) is 39.5 Å². The number of aliphatic carboxylic acids is 4. The fraction of sp³-hybridized carbons (Fsp3) is 0.429. The Morgan fingerprint density at radius 3 is 0.955 bits per heavy atom. The van der Waals surface area contributed by atoms with Crippen molar-refractivity contribution < 1.29 is 39.6 Å². The number of carboxylic acids is 4. The maximum Gasteiger partial charge on any atom is 0.330 e. The van der Waals surface area contributed by atoms with Gasteiger partial charge in [0.25, 0.3) is 0 Å². The molecule has 8 heteroatoms. The van der Waals surface area contributed by atoms with Crippen molar-refractivity contribution in [3.63, 3.8) is 0 Å². The SMILES string of the molecule is C=C(CC)C(=O)O.C=C(CC)C(=O)O.O=C(O)CCC(=O)O. The molecule has 0 amide bonds.